The molecular formula is C15H21NO3S2. The molecule has 3 aliphatic rings. The van der Waals surface area contributed by atoms with Crippen LogP contribution in [0.25, 0.3) is 0 Å². The number of rotatable bonds is 3. The fraction of sp³-hybridized carbons (Fsp3) is 0.733. The highest BCUT2D eigenvalue weighted by Crippen LogP contribution is 2.48. The van der Waals surface area contributed by atoms with Crippen LogP contribution in [-0.4, -0.2) is 40.9 Å². The quantitative estimate of drug-likeness (QED) is 0.746. The van der Waals surface area contributed by atoms with Gasteiger partial charge >= 0.3 is 5.97 Å². The summed E-state index contributed by atoms with van der Waals surface area (Å²) in [5, 5.41) is 0.869. The summed E-state index contributed by atoms with van der Waals surface area (Å²) in [5.41, 5.74) is 0. The second kappa shape index (κ2) is 6.65. The Labute approximate surface area is 134 Å². The third-order valence-electron chi connectivity index (χ3n) is 4.29. The number of esters is 1. The molecule has 116 valence electrons. The molecule has 2 heterocycles. The Morgan fingerprint density at radius 1 is 1.33 bits per heavy atom. The van der Waals surface area contributed by atoms with Crippen LogP contribution in [-0.2, 0) is 14.3 Å². The number of fused-ring (bicyclic) bond motifs is 1. The second-order valence-corrected chi connectivity index (χ2v) is 7.87. The SMILES string of the molecule is CCOC(=O)C1=C2SC(C3CCCCC3)C(=O)N2CCS1. The number of thioether (sulfide) groups is 2. The van der Waals surface area contributed by atoms with Gasteiger partial charge in [0.25, 0.3) is 0 Å². The third-order valence-corrected chi connectivity index (χ3v) is 6.94. The molecule has 0 radical (unpaired) electrons. The zero-order valence-electron chi connectivity index (χ0n) is 12.3. The third kappa shape index (κ3) is 2.97. The smallest absolute Gasteiger partial charge is 0.347 e. The van der Waals surface area contributed by atoms with E-state index in [1.54, 1.807) is 11.8 Å². The Balaban J connectivity index is 1.82. The first kappa shape index (κ1) is 15.3. The lowest BCUT2D eigenvalue weighted by Gasteiger charge is -2.26. The number of carbonyl (C=O) groups excluding carboxylic acids is 2. The van der Waals surface area contributed by atoms with Crippen LogP contribution in [0.5, 0.6) is 0 Å². The summed E-state index contributed by atoms with van der Waals surface area (Å²) in [6.45, 7) is 2.91. The van der Waals surface area contributed by atoms with Gasteiger partial charge in [-0.3, -0.25) is 4.79 Å². The fourth-order valence-corrected chi connectivity index (χ4v) is 5.90. The molecule has 0 aromatic rings. The van der Waals surface area contributed by atoms with Crippen LogP contribution in [0, 0.1) is 5.92 Å². The normalized spacial score (nSPS) is 27.0. The monoisotopic (exact) mass is 327 g/mol. The molecule has 0 aromatic carbocycles. The van der Waals surface area contributed by atoms with E-state index in [0.29, 0.717) is 17.4 Å². The summed E-state index contributed by atoms with van der Waals surface area (Å²) < 4.78 is 5.14. The van der Waals surface area contributed by atoms with Gasteiger partial charge in [-0.1, -0.05) is 31.0 Å². The summed E-state index contributed by atoms with van der Waals surface area (Å²) in [6, 6.07) is 0. The number of carbonyl (C=O) groups is 2. The van der Waals surface area contributed by atoms with Crippen molar-refractivity contribution in [2.24, 2.45) is 5.92 Å². The maximum atomic E-state index is 12.7. The van der Waals surface area contributed by atoms with Crippen molar-refractivity contribution in [1.82, 2.24) is 4.90 Å². The van der Waals surface area contributed by atoms with E-state index < -0.39 is 0 Å². The lowest BCUT2D eigenvalue weighted by Crippen LogP contribution is -2.36. The Bertz CT molecular complexity index is 472. The second-order valence-electron chi connectivity index (χ2n) is 5.63. The van der Waals surface area contributed by atoms with E-state index in [2.05, 4.69) is 0 Å². The highest BCUT2D eigenvalue weighted by Gasteiger charge is 2.45. The minimum absolute atomic E-state index is 0.0171. The van der Waals surface area contributed by atoms with Gasteiger partial charge in [-0.25, -0.2) is 4.79 Å². The first-order chi connectivity index (χ1) is 10.2. The van der Waals surface area contributed by atoms with Crippen LogP contribution in [0.2, 0.25) is 0 Å². The average molecular weight is 327 g/mol. The van der Waals surface area contributed by atoms with E-state index in [1.165, 1.54) is 31.0 Å². The van der Waals surface area contributed by atoms with Crippen LogP contribution in [0.4, 0.5) is 0 Å². The van der Waals surface area contributed by atoms with Gasteiger partial charge in [-0.2, -0.15) is 0 Å². The first-order valence-electron chi connectivity index (χ1n) is 7.74. The molecule has 1 unspecified atom stereocenters. The van der Waals surface area contributed by atoms with Crippen molar-refractivity contribution in [2.75, 3.05) is 18.9 Å². The van der Waals surface area contributed by atoms with Gasteiger partial charge in [0, 0.05) is 12.3 Å². The fourth-order valence-electron chi connectivity index (χ4n) is 3.25. The summed E-state index contributed by atoms with van der Waals surface area (Å²) in [4.78, 5) is 27.2. The summed E-state index contributed by atoms with van der Waals surface area (Å²) in [7, 11) is 0. The van der Waals surface area contributed by atoms with Crippen molar-refractivity contribution < 1.29 is 14.3 Å². The van der Waals surface area contributed by atoms with Crippen LogP contribution in [0.1, 0.15) is 39.0 Å². The summed E-state index contributed by atoms with van der Waals surface area (Å²) in [6.07, 6.45) is 6.04. The topological polar surface area (TPSA) is 46.6 Å². The molecule has 6 heteroatoms. The van der Waals surface area contributed by atoms with E-state index in [4.69, 9.17) is 4.74 Å². The van der Waals surface area contributed by atoms with Crippen LogP contribution < -0.4 is 0 Å². The van der Waals surface area contributed by atoms with Crippen LogP contribution in [0.3, 0.4) is 0 Å². The number of hydrogen-bond acceptors (Lipinski definition) is 5. The predicted octanol–water partition coefficient (Wildman–Crippen LogP) is 2.99. The molecular weight excluding hydrogens is 306 g/mol. The van der Waals surface area contributed by atoms with E-state index >= 15 is 0 Å². The Morgan fingerprint density at radius 2 is 2.10 bits per heavy atom. The highest BCUT2D eigenvalue weighted by atomic mass is 32.2. The predicted molar refractivity (Wildman–Crippen MR) is 85.8 cm³/mol. The molecule has 1 atom stereocenters. The van der Waals surface area contributed by atoms with E-state index in [9.17, 15) is 9.59 Å². The minimum atomic E-state index is -0.271. The molecule has 1 saturated heterocycles. The molecule has 1 amide bonds. The maximum Gasteiger partial charge on any atom is 0.347 e. The largest absolute Gasteiger partial charge is 0.462 e. The van der Waals surface area contributed by atoms with Crippen LogP contribution >= 0.6 is 23.5 Å². The van der Waals surface area contributed by atoms with Gasteiger partial charge < -0.3 is 9.64 Å². The van der Waals surface area contributed by atoms with Crippen molar-refractivity contribution >= 4 is 35.4 Å². The van der Waals surface area contributed by atoms with Crippen LogP contribution in [0.15, 0.2) is 9.93 Å². The van der Waals surface area contributed by atoms with Gasteiger partial charge in [0.2, 0.25) is 5.91 Å². The van der Waals surface area contributed by atoms with Gasteiger partial charge in [-0.05, 0) is 25.7 Å². The van der Waals surface area contributed by atoms with Crippen molar-refractivity contribution in [3.63, 3.8) is 0 Å². The van der Waals surface area contributed by atoms with Crippen molar-refractivity contribution in [3.05, 3.63) is 9.93 Å². The molecule has 3 rings (SSSR count). The number of hydrogen-bond donors (Lipinski definition) is 0. The van der Waals surface area contributed by atoms with Gasteiger partial charge in [0.15, 0.2) is 0 Å². The highest BCUT2D eigenvalue weighted by molar-refractivity contribution is 8.08. The lowest BCUT2D eigenvalue weighted by molar-refractivity contribution is -0.137. The standard InChI is InChI=1S/C15H21NO3S2/c1-2-19-15(18)12-14-16(8-9-20-12)13(17)11(21-14)10-6-4-3-5-7-10/h10-11H,2-9H2,1H3. The van der Waals surface area contributed by atoms with Crippen molar-refractivity contribution in [3.8, 4) is 0 Å². The van der Waals surface area contributed by atoms with Crippen molar-refractivity contribution in [1.29, 1.82) is 0 Å². The maximum absolute atomic E-state index is 12.7. The van der Waals surface area contributed by atoms with Gasteiger partial charge in [-0.15, -0.1) is 11.8 Å². The Morgan fingerprint density at radius 3 is 2.81 bits per heavy atom. The molecule has 0 bridgehead atoms. The minimum Gasteiger partial charge on any atom is -0.462 e. The van der Waals surface area contributed by atoms with Gasteiger partial charge in [0.05, 0.1) is 16.9 Å². The zero-order valence-corrected chi connectivity index (χ0v) is 13.9. The Hall–Kier alpha value is -0.620. The molecule has 4 nitrogen and oxygen atoms in total. The van der Waals surface area contributed by atoms with Crippen molar-refractivity contribution in [2.45, 2.75) is 44.3 Å². The van der Waals surface area contributed by atoms with E-state index in [0.717, 1.165) is 30.2 Å². The molecule has 0 N–H and O–H groups in total. The molecule has 21 heavy (non-hydrogen) atoms. The summed E-state index contributed by atoms with van der Waals surface area (Å²) in [5.74, 6) is 1.19. The number of ether oxygens (including phenoxy) is 1. The van der Waals surface area contributed by atoms with E-state index in [1.807, 2.05) is 11.8 Å². The zero-order chi connectivity index (χ0) is 14.8. The average Bonchev–Trinajstić information content (AvgIpc) is 2.86. The Kier molecular flexibility index (Phi) is 4.84. The molecule has 0 aromatic heterocycles. The molecule has 2 fully saturated rings. The number of nitrogens with zero attached hydrogens (tertiary/aromatic N) is 1. The first-order valence-corrected chi connectivity index (χ1v) is 9.61. The molecule has 2 aliphatic heterocycles. The molecule has 0 spiro atoms. The summed E-state index contributed by atoms with van der Waals surface area (Å²) >= 11 is 3.13. The molecule has 1 aliphatic carbocycles. The number of amides is 1. The lowest BCUT2D eigenvalue weighted by atomic mass is 9.86. The molecule has 1 saturated carbocycles. The van der Waals surface area contributed by atoms with Gasteiger partial charge in [0.1, 0.15) is 4.91 Å². The van der Waals surface area contributed by atoms with E-state index in [-0.39, 0.29) is 17.1 Å².